The fraction of sp³-hybridized carbons (Fsp3) is 0.625. The van der Waals surface area contributed by atoms with Gasteiger partial charge in [0.25, 0.3) is 0 Å². The van der Waals surface area contributed by atoms with E-state index in [9.17, 15) is 0 Å². The fourth-order valence-corrected chi connectivity index (χ4v) is 2.11. The van der Waals surface area contributed by atoms with Crippen molar-refractivity contribution >= 4 is 10.4 Å². The van der Waals surface area contributed by atoms with Gasteiger partial charge >= 0.3 is 59.1 Å². The van der Waals surface area contributed by atoms with E-state index in [1.807, 2.05) is 0 Å². The van der Waals surface area contributed by atoms with Crippen LogP contribution in [0.15, 0.2) is 30.3 Å². The van der Waals surface area contributed by atoms with Gasteiger partial charge in [-0.1, -0.05) is 82.2 Å². The Bertz CT molecular complexity index is 431. The molecule has 0 radical (unpaired) electrons. The van der Waals surface area contributed by atoms with Gasteiger partial charge in [0.15, 0.2) is 0 Å². The molecule has 0 spiro atoms. The van der Waals surface area contributed by atoms with Crippen LogP contribution in [0.1, 0.15) is 63.9 Å². The van der Waals surface area contributed by atoms with E-state index in [1.165, 1.54) is 63.4 Å². The second kappa shape index (κ2) is 19.4. The molecule has 0 atom stereocenters. The molecule has 122 valence electrons. The van der Waals surface area contributed by atoms with Gasteiger partial charge < -0.3 is 9.11 Å². The van der Waals surface area contributed by atoms with Crippen LogP contribution in [0.25, 0.3) is 0 Å². The number of rotatable bonds is 9. The van der Waals surface area contributed by atoms with E-state index in [0.717, 1.165) is 0 Å². The van der Waals surface area contributed by atoms with E-state index in [1.54, 1.807) is 0 Å². The summed E-state index contributed by atoms with van der Waals surface area (Å²) in [5.41, 5.74) is 1.49. The first kappa shape index (κ1) is 28.9. The molecular weight excluding hydrogens is 334 g/mol. The Morgan fingerprint density at radius 3 is 1.61 bits per heavy atom. The largest absolute Gasteiger partial charge is 1.00 e. The molecule has 1 aromatic rings. The first-order valence-electron chi connectivity index (χ1n) is 7.64. The van der Waals surface area contributed by atoms with Crippen LogP contribution >= 0.6 is 0 Å². The van der Waals surface area contributed by atoms with Crippen LogP contribution in [0.5, 0.6) is 0 Å². The predicted molar refractivity (Wildman–Crippen MR) is 83.2 cm³/mol. The van der Waals surface area contributed by atoms with Crippen LogP contribution in [0.4, 0.5) is 0 Å². The minimum atomic E-state index is -5.17. The van der Waals surface area contributed by atoms with E-state index in [2.05, 4.69) is 37.3 Å². The molecule has 0 saturated carbocycles. The summed E-state index contributed by atoms with van der Waals surface area (Å²) in [6, 6.07) is 10.8. The zero-order valence-electron chi connectivity index (χ0n) is 14.8. The molecular formula is C16H26Na2O4S. The molecule has 0 amide bonds. The van der Waals surface area contributed by atoms with Crippen molar-refractivity contribution in [3.63, 3.8) is 0 Å². The third-order valence-corrected chi connectivity index (χ3v) is 3.16. The van der Waals surface area contributed by atoms with Gasteiger partial charge in [0.2, 0.25) is 0 Å². The number of aryl methyl sites for hydroxylation is 1. The van der Waals surface area contributed by atoms with Crippen molar-refractivity contribution in [3.05, 3.63) is 35.9 Å². The van der Waals surface area contributed by atoms with Crippen LogP contribution in [-0.4, -0.2) is 17.5 Å². The number of hydrogen-bond donors (Lipinski definition) is 0. The first-order chi connectivity index (χ1) is 9.93. The smallest absolute Gasteiger partial charge is 0.759 e. The summed E-state index contributed by atoms with van der Waals surface area (Å²) in [4.78, 5) is 0. The zero-order valence-corrected chi connectivity index (χ0v) is 19.6. The van der Waals surface area contributed by atoms with Gasteiger partial charge in [0, 0.05) is 10.4 Å². The minimum absolute atomic E-state index is 0. The van der Waals surface area contributed by atoms with Crippen LogP contribution in [0.2, 0.25) is 0 Å². The Morgan fingerprint density at radius 1 is 0.783 bits per heavy atom. The van der Waals surface area contributed by atoms with Crippen molar-refractivity contribution < 1.29 is 76.6 Å². The van der Waals surface area contributed by atoms with E-state index in [4.69, 9.17) is 17.5 Å². The summed E-state index contributed by atoms with van der Waals surface area (Å²) in [5.74, 6) is 0. The van der Waals surface area contributed by atoms with Gasteiger partial charge in [-0.25, -0.2) is 0 Å². The summed E-state index contributed by atoms with van der Waals surface area (Å²) in [5, 5.41) is 0. The molecule has 0 aliphatic carbocycles. The van der Waals surface area contributed by atoms with E-state index in [0.29, 0.717) is 0 Å². The number of benzene rings is 1. The van der Waals surface area contributed by atoms with Gasteiger partial charge in [0.1, 0.15) is 0 Å². The van der Waals surface area contributed by atoms with E-state index >= 15 is 0 Å². The van der Waals surface area contributed by atoms with Crippen LogP contribution in [0, 0.1) is 0 Å². The van der Waals surface area contributed by atoms with E-state index in [-0.39, 0.29) is 59.1 Å². The number of hydrogen-bond acceptors (Lipinski definition) is 4. The molecule has 0 fully saturated rings. The summed E-state index contributed by atoms with van der Waals surface area (Å²) < 4.78 is 34.1. The minimum Gasteiger partial charge on any atom is -0.759 e. The molecule has 7 heteroatoms. The third kappa shape index (κ3) is 28.2. The maximum atomic E-state index is 8.52. The van der Waals surface area contributed by atoms with Gasteiger partial charge in [-0.05, 0) is 18.4 Å². The topological polar surface area (TPSA) is 80.3 Å². The average molecular weight is 360 g/mol. The standard InChI is InChI=1S/C16H26.2Na.H2O4S/c1-2-3-4-5-6-7-8-10-13-16-14-11-9-12-15-16;;;1-5(2,3)4/h9,11-12,14-15H,2-8,10,13H2,1H3;;;(H2,1,2,3,4)/q;2*+1;/p-2. The summed E-state index contributed by atoms with van der Waals surface area (Å²) in [6.07, 6.45) is 12.5. The van der Waals surface area contributed by atoms with Gasteiger partial charge in [-0.2, -0.15) is 0 Å². The Hall–Kier alpha value is 1.09. The van der Waals surface area contributed by atoms with Crippen molar-refractivity contribution in [2.75, 3.05) is 0 Å². The van der Waals surface area contributed by atoms with Crippen molar-refractivity contribution in [2.24, 2.45) is 0 Å². The van der Waals surface area contributed by atoms with Gasteiger partial charge in [0.05, 0.1) is 0 Å². The molecule has 0 heterocycles. The normalized spacial score (nSPS) is 9.87. The Kier molecular flexibility index (Phi) is 24.4. The maximum absolute atomic E-state index is 8.52. The second-order valence-electron chi connectivity index (χ2n) is 5.12. The maximum Gasteiger partial charge on any atom is 1.00 e. The molecule has 1 aromatic carbocycles. The molecule has 0 bridgehead atoms. The SMILES string of the molecule is CCCCCCCCCCc1ccccc1.O=S(=O)([O-])[O-].[Na+].[Na+]. The van der Waals surface area contributed by atoms with Crippen molar-refractivity contribution in [3.8, 4) is 0 Å². The fourth-order valence-electron chi connectivity index (χ4n) is 2.11. The Morgan fingerprint density at radius 2 is 1.17 bits per heavy atom. The van der Waals surface area contributed by atoms with Gasteiger partial charge in [-0.3, -0.25) is 8.42 Å². The van der Waals surface area contributed by atoms with Crippen molar-refractivity contribution in [2.45, 2.75) is 64.7 Å². The van der Waals surface area contributed by atoms with Crippen LogP contribution in [-0.2, 0) is 16.8 Å². The molecule has 0 N–H and O–H groups in total. The molecule has 23 heavy (non-hydrogen) atoms. The third-order valence-electron chi connectivity index (χ3n) is 3.16. The second-order valence-corrected chi connectivity index (χ2v) is 5.94. The first-order valence-corrected chi connectivity index (χ1v) is 8.97. The van der Waals surface area contributed by atoms with Crippen molar-refractivity contribution in [1.29, 1.82) is 0 Å². The molecule has 0 aromatic heterocycles. The summed E-state index contributed by atoms with van der Waals surface area (Å²) >= 11 is 0. The van der Waals surface area contributed by atoms with Crippen LogP contribution < -0.4 is 59.1 Å². The van der Waals surface area contributed by atoms with Gasteiger partial charge in [-0.15, -0.1) is 0 Å². The molecule has 0 aliphatic rings. The molecule has 1 rings (SSSR count). The van der Waals surface area contributed by atoms with Crippen molar-refractivity contribution in [1.82, 2.24) is 0 Å². The Labute approximate surface area is 186 Å². The Balaban J connectivity index is -0.000000502. The quantitative estimate of drug-likeness (QED) is 0.222. The van der Waals surface area contributed by atoms with E-state index < -0.39 is 10.4 Å². The summed E-state index contributed by atoms with van der Waals surface area (Å²) in [7, 11) is -5.17. The molecule has 0 unspecified atom stereocenters. The monoisotopic (exact) mass is 360 g/mol. The zero-order chi connectivity index (χ0) is 16.0. The molecule has 4 nitrogen and oxygen atoms in total. The summed E-state index contributed by atoms with van der Waals surface area (Å²) in [6.45, 7) is 2.28. The molecule has 0 saturated heterocycles. The predicted octanol–water partition coefficient (Wildman–Crippen LogP) is -1.96. The number of unbranched alkanes of at least 4 members (excludes halogenated alkanes) is 7. The average Bonchev–Trinajstić information content (AvgIpc) is 2.41. The molecule has 0 aliphatic heterocycles. The van der Waals surface area contributed by atoms with Crippen LogP contribution in [0.3, 0.4) is 0 Å².